The Hall–Kier alpha value is -2.08. The van der Waals surface area contributed by atoms with Crippen molar-refractivity contribution in [1.29, 1.82) is 0 Å². The molecule has 0 amide bonds. The van der Waals surface area contributed by atoms with Gasteiger partial charge in [0.2, 0.25) is 0 Å². The highest BCUT2D eigenvalue weighted by atomic mass is 32.2. The van der Waals surface area contributed by atoms with E-state index in [4.69, 9.17) is 5.73 Å². The average Bonchev–Trinajstić information content (AvgIpc) is 2.38. The van der Waals surface area contributed by atoms with Crippen molar-refractivity contribution in [3.05, 3.63) is 52.8 Å². The molecule has 0 heterocycles. The lowest BCUT2D eigenvalue weighted by molar-refractivity contribution is 0.600. The Morgan fingerprint density at radius 2 is 1.67 bits per heavy atom. The quantitative estimate of drug-likeness (QED) is 0.856. The van der Waals surface area contributed by atoms with Crippen LogP contribution in [0.15, 0.2) is 35.2 Å². The maximum Gasteiger partial charge on any atom is 0.264 e. The molecule has 0 saturated carbocycles. The Balaban J connectivity index is 2.54. The van der Waals surface area contributed by atoms with Crippen LogP contribution in [0.4, 0.5) is 15.8 Å². The maximum atomic E-state index is 13.3. The molecule has 3 N–H and O–H groups in total. The van der Waals surface area contributed by atoms with Crippen molar-refractivity contribution in [1.82, 2.24) is 0 Å². The van der Waals surface area contributed by atoms with Crippen LogP contribution in [-0.4, -0.2) is 8.42 Å². The molecule has 0 aromatic heterocycles. The van der Waals surface area contributed by atoms with Crippen LogP contribution in [0.5, 0.6) is 0 Å². The molecule has 0 aliphatic carbocycles. The predicted octanol–water partition coefficient (Wildman–Crippen LogP) is 3.13. The molecule has 2 aromatic rings. The van der Waals surface area contributed by atoms with Gasteiger partial charge in [-0.25, -0.2) is 12.8 Å². The number of nitrogens with one attached hydrogen (secondary N) is 1. The summed E-state index contributed by atoms with van der Waals surface area (Å²) in [6, 6.07) is 7.25. The third-order valence-electron chi connectivity index (χ3n) is 3.42. The smallest absolute Gasteiger partial charge is 0.264 e. The van der Waals surface area contributed by atoms with Crippen molar-refractivity contribution >= 4 is 21.4 Å². The van der Waals surface area contributed by atoms with Gasteiger partial charge in [-0.15, -0.1) is 0 Å². The summed E-state index contributed by atoms with van der Waals surface area (Å²) in [6.07, 6.45) is 0. The third-order valence-corrected chi connectivity index (χ3v) is 4.99. The van der Waals surface area contributed by atoms with Gasteiger partial charge < -0.3 is 5.73 Å². The number of nitrogens with two attached hydrogens (primary N) is 1. The lowest BCUT2D eigenvalue weighted by Crippen LogP contribution is -2.17. The number of anilines is 2. The van der Waals surface area contributed by atoms with E-state index in [0.29, 0.717) is 11.1 Å². The molecule has 0 aliphatic rings. The highest BCUT2D eigenvalue weighted by Crippen LogP contribution is 2.28. The van der Waals surface area contributed by atoms with Crippen molar-refractivity contribution in [2.24, 2.45) is 0 Å². The molecule has 6 heteroatoms. The van der Waals surface area contributed by atoms with Gasteiger partial charge in [0, 0.05) is 0 Å². The molecule has 2 rings (SSSR count). The number of nitrogen functional groups attached to an aromatic ring is 1. The van der Waals surface area contributed by atoms with E-state index in [9.17, 15) is 12.8 Å². The molecule has 0 atom stereocenters. The Morgan fingerprint density at radius 1 is 1.05 bits per heavy atom. The lowest BCUT2D eigenvalue weighted by Gasteiger charge is -2.15. The second-order valence-electron chi connectivity index (χ2n) is 4.99. The predicted molar refractivity (Wildman–Crippen MR) is 82.3 cm³/mol. The van der Waals surface area contributed by atoms with E-state index < -0.39 is 15.8 Å². The van der Waals surface area contributed by atoms with E-state index in [1.54, 1.807) is 32.9 Å². The number of hydrogen-bond acceptors (Lipinski definition) is 3. The summed E-state index contributed by atoms with van der Waals surface area (Å²) < 4.78 is 40.8. The van der Waals surface area contributed by atoms with Crippen molar-refractivity contribution < 1.29 is 12.8 Å². The molecule has 0 radical (unpaired) electrons. The zero-order valence-corrected chi connectivity index (χ0v) is 12.9. The molecule has 0 bridgehead atoms. The standard InChI is InChI=1S/C15H17FN2O2S/c1-9-5-7-13(17)15(11(9)3)21(19,20)18-14-8-12(16)6-4-10(14)2/h4-8,18H,17H2,1-3H3. The summed E-state index contributed by atoms with van der Waals surface area (Å²) in [5.41, 5.74) is 8.20. The van der Waals surface area contributed by atoms with Crippen molar-refractivity contribution in [2.45, 2.75) is 25.7 Å². The molecular formula is C15H17FN2O2S. The summed E-state index contributed by atoms with van der Waals surface area (Å²) in [7, 11) is -3.88. The topological polar surface area (TPSA) is 72.2 Å². The van der Waals surface area contributed by atoms with Gasteiger partial charge in [-0.3, -0.25) is 4.72 Å². The van der Waals surface area contributed by atoms with E-state index in [2.05, 4.69) is 4.72 Å². The molecule has 0 aliphatic heterocycles. The zero-order chi connectivity index (χ0) is 15.8. The normalized spacial score (nSPS) is 11.4. The van der Waals surface area contributed by atoms with Crippen LogP contribution < -0.4 is 10.5 Å². The largest absolute Gasteiger partial charge is 0.398 e. The number of halogens is 1. The molecule has 2 aromatic carbocycles. The fourth-order valence-electron chi connectivity index (χ4n) is 2.07. The molecule has 112 valence electrons. The maximum absolute atomic E-state index is 13.3. The van der Waals surface area contributed by atoms with Gasteiger partial charge in [-0.05, 0) is 55.7 Å². The number of hydrogen-bond donors (Lipinski definition) is 2. The van der Waals surface area contributed by atoms with Crippen LogP contribution in [0.2, 0.25) is 0 Å². The first-order chi connectivity index (χ1) is 9.72. The highest BCUT2D eigenvalue weighted by molar-refractivity contribution is 7.93. The van der Waals surface area contributed by atoms with Gasteiger partial charge in [0.05, 0.1) is 11.4 Å². The molecular weight excluding hydrogens is 291 g/mol. The highest BCUT2D eigenvalue weighted by Gasteiger charge is 2.22. The molecule has 0 unspecified atom stereocenters. The summed E-state index contributed by atoms with van der Waals surface area (Å²) in [4.78, 5) is 0.0335. The van der Waals surface area contributed by atoms with Crippen LogP contribution in [0.25, 0.3) is 0 Å². The first kappa shape index (κ1) is 15.3. The Kier molecular flexibility index (Phi) is 3.91. The van der Waals surface area contributed by atoms with Crippen LogP contribution in [0, 0.1) is 26.6 Å². The number of benzene rings is 2. The van der Waals surface area contributed by atoms with E-state index >= 15 is 0 Å². The molecule has 0 spiro atoms. The van der Waals surface area contributed by atoms with Crippen molar-refractivity contribution in [3.63, 3.8) is 0 Å². The third kappa shape index (κ3) is 3.00. The van der Waals surface area contributed by atoms with Crippen LogP contribution in [-0.2, 0) is 10.0 Å². The van der Waals surface area contributed by atoms with E-state index in [0.717, 1.165) is 11.6 Å². The van der Waals surface area contributed by atoms with Gasteiger partial charge in [0.15, 0.2) is 0 Å². The Bertz CT molecular complexity index is 802. The monoisotopic (exact) mass is 308 g/mol. The fraction of sp³-hybridized carbons (Fsp3) is 0.200. The van der Waals surface area contributed by atoms with Crippen molar-refractivity contribution in [3.8, 4) is 0 Å². The minimum absolute atomic E-state index is 0.0335. The Morgan fingerprint density at radius 3 is 2.33 bits per heavy atom. The van der Waals surface area contributed by atoms with Gasteiger partial charge >= 0.3 is 0 Å². The summed E-state index contributed by atoms with van der Waals surface area (Å²) >= 11 is 0. The van der Waals surface area contributed by atoms with Crippen molar-refractivity contribution in [2.75, 3.05) is 10.5 Å². The summed E-state index contributed by atoms with van der Waals surface area (Å²) in [5.74, 6) is -0.507. The number of rotatable bonds is 3. The van der Waals surface area contributed by atoms with Crippen LogP contribution in [0.3, 0.4) is 0 Å². The lowest BCUT2D eigenvalue weighted by atomic mass is 10.1. The second-order valence-corrected chi connectivity index (χ2v) is 6.61. The summed E-state index contributed by atoms with van der Waals surface area (Å²) in [6.45, 7) is 5.20. The molecule has 4 nitrogen and oxygen atoms in total. The molecule has 21 heavy (non-hydrogen) atoms. The first-order valence-corrected chi connectivity index (χ1v) is 7.85. The van der Waals surface area contributed by atoms with Gasteiger partial charge in [0.25, 0.3) is 10.0 Å². The number of aryl methyl sites for hydroxylation is 2. The van der Waals surface area contributed by atoms with Crippen LogP contribution in [0.1, 0.15) is 16.7 Å². The minimum Gasteiger partial charge on any atom is -0.398 e. The van der Waals surface area contributed by atoms with E-state index in [1.165, 1.54) is 12.1 Å². The minimum atomic E-state index is -3.88. The second kappa shape index (κ2) is 5.37. The number of sulfonamides is 1. The van der Waals surface area contributed by atoms with E-state index in [-0.39, 0.29) is 16.3 Å². The Labute approximate surface area is 123 Å². The zero-order valence-electron chi connectivity index (χ0n) is 12.1. The fourth-order valence-corrected chi connectivity index (χ4v) is 3.62. The van der Waals surface area contributed by atoms with Gasteiger partial charge in [-0.2, -0.15) is 0 Å². The first-order valence-electron chi connectivity index (χ1n) is 6.37. The van der Waals surface area contributed by atoms with Gasteiger partial charge in [-0.1, -0.05) is 12.1 Å². The average molecular weight is 308 g/mol. The van der Waals surface area contributed by atoms with Gasteiger partial charge in [0.1, 0.15) is 10.7 Å². The molecule has 0 fully saturated rings. The summed E-state index contributed by atoms with van der Waals surface area (Å²) in [5, 5.41) is 0. The molecule has 0 saturated heterocycles. The van der Waals surface area contributed by atoms with E-state index in [1.807, 2.05) is 0 Å². The van der Waals surface area contributed by atoms with Crippen LogP contribution >= 0.6 is 0 Å². The SMILES string of the molecule is Cc1ccc(F)cc1NS(=O)(=O)c1c(N)ccc(C)c1C.